The van der Waals surface area contributed by atoms with Crippen molar-refractivity contribution < 1.29 is 27.1 Å². The van der Waals surface area contributed by atoms with Gasteiger partial charge in [0.05, 0.1) is 25.3 Å². The maximum absolute atomic E-state index is 14.2. The molecule has 0 bridgehead atoms. The van der Waals surface area contributed by atoms with E-state index in [9.17, 15) is 17.6 Å². The first-order chi connectivity index (χ1) is 15.7. The van der Waals surface area contributed by atoms with E-state index in [0.29, 0.717) is 41.0 Å². The lowest BCUT2D eigenvalue weighted by atomic mass is 10.1. The minimum Gasteiger partial charge on any atom is -0.490 e. The number of rotatable bonds is 9. The Morgan fingerprint density at radius 3 is 2.39 bits per heavy atom. The second-order valence-corrected chi connectivity index (χ2v) is 9.61. The average Bonchev–Trinajstić information content (AvgIpc) is 3.60. The molecule has 1 aliphatic carbocycles. The highest BCUT2D eigenvalue weighted by Gasteiger charge is 2.22. The first kappa shape index (κ1) is 22.7. The fourth-order valence-electron chi connectivity index (χ4n) is 2.96. The molecule has 8 nitrogen and oxygen atoms in total. The lowest BCUT2D eigenvalue weighted by molar-refractivity contribution is 0.0981. The molecular formula is C23H22FN3O5S. The van der Waals surface area contributed by atoms with Gasteiger partial charge >= 0.3 is 0 Å². The van der Waals surface area contributed by atoms with Crippen molar-refractivity contribution in [1.82, 2.24) is 14.7 Å². The summed E-state index contributed by atoms with van der Waals surface area (Å²) in [4.78, 5) is 20.4. The topological polar surface area (TPSA) is 107 Å². The van der Waals surface area contributed by atoms with Crippen LogP contribution >= 0.6 is 0 Å². The second-order valence-electron chi connectivity index (χ2n) is 7.86. The molecule has 0 radical (unpaired) electrons. The van der Waals surface area contributed by atoms with E-state index >= 15 is 0 Å². The Kier molecular flexibility index (Phi) is 6.55. The Bertz CT molecular complexity index is 1240. The molecule has 1 heterocycles. The predicted molar refractivity (Wildman–Crippen MR) is 119 cm³/mol. The summed E-state index contributed by atoms with van der Waals surface area (Å²) in [5, 5.41) is 0. The summed E-state index contributed by atoms with van der Waals surface area (Å²) in [5.74, 6) is 0.623. The highest BCUT2D eigenvalue weighted by atomic mass is 32.2. The van der Waals surface area contributed by atoms with Crippen LogP contribution in [0.3, 0.4) is 0 Å². The molecule has 3 aromatic rings. The summed E-state index contributed by atoms with van der Waals surface area (Å²) in [6, 6.07) is 10.4. The number of hydrogen-bond donors (Lipinski definition) is 1. The number of hydrogen-bond acceptors (Lipinski definition) is 7. The van der Waals surface area contributed by atoms with Crippen LogP contribution in [0.1, 0.15) is 28.8 Å². The molecule has 33 heavy (non-hydrogen) atoms. The van der Waals surface area contributed by atoms with Gasteiger partial charge in [-0.3, -0.25) is 4.79 Å². The number of nitrogens with one attached hydrogen (secondary N) is 1. The van der Waals surface area contributed by atoms with Gasteiger partial charge in [-0.05, 0) is 48.6 Å². The van der Waals surface area contributed by atoms with Crippen LogP contribution in [-0.2, 0) is 16.6 Å². The molecule has 1 fully saturated rings. The summed E-state index contributed by atoms with van der Waals surface area (Å²) >= 11 is 0. The number of halogens is 1. The number of amides is 1. The molecular weight excluding hydrogens is 449 g/mol. The zero-order valence-electron chi connectivity index (χ0n) is 17.8. The van der Waals surface area contributed by atoms with E-state index in [-0.39, 0.29) is 12.2 Å². The molecule has 0 atom stereocenters. The van der Waals surface area contributed by atoms with E-state index < -0.39 is 21.7 Å². The fraction of sp³-hybridized carbons (Fsp3) is 0.261. The number of sulfonamides is 1. The van der Waals surface area contributed by atoms with Gasteiger partial charge in [-0.25, -0.2) is 27.5 Å². The van der Waals surface area contributed by atoms with Gasteiger partial charge in [0.2, 0.25) is 10.0 Å². The SMILES string of the molecule is CS(=O)(=O)NC(=O)c1ccc(COc2cc(F)cc(-c3ncc(OCC4CC4)cn3)c2)cc1. The van der Waals surface area contributed by atoms with Gasteiger partial charge in [0.15, 0.2) is 11.6 Å². The Morgan fingerprint density at radius 2 is 1.76 bits per heavy atom. The summed E-state index contributed by atoms with van der Waals surface area (Å²) in [5.41, 5.74) is 1.37. The maximum atomic E-state index is 14.2. The van der Waals surface area contributed by atoms with Crippen molar-refractivity contribution in [3.63, 3.8) is 0 Å². The molecule has 4 rings (SSSR count). The third-order valence-corrected chi connectivity index (χ3v) is 5.40. The first-order valence-electron chi connectivity index (χ1n) is 10.2. The predicted octanol–water partition coefficient (Wildman–Crippen LogP) is 3.34. The van der Waals surface area contributed by atoms with E-state index in [1.165, 1.54) is 37.1 Å². The zero-order chi connectivity index (χ0) is 23.4. The van der Waals surface area contributed by atoms with Crippen LogP contribution in [0.25, 0.3) is 11.4 Å². The highest BCUT2D eigenvalue weighted by Crippen LogP contribution is 2.29. The molecule has 1 saturated carbocycles. The summed E-state index contributed by atoms with van der Waals surface area (Å²) in [6.45, 7) is 0.773. The molecule has 1 aliphatic rings. The number of carbonyl (C=O) groups is 1. The van der Waals surface area contributed by atoms with Crippen molar-refractivity contribution in [3.05, 3.63) is 71.8 Å². The molecule has 0 aliphatic heterocycles. The van der Waals surface area contributed by atoms with Crippen molar-refractivity contribution >= 4 is 15.9 Å². The van der Waals surface area contributed by atoms with Gasteiger partial charge in [-0.1, -0.05) is 12.1 Å². The van der Waals surface area contributed by atoms with Crippen LogP contribution < -0.4 is 14.2 Å². The number of nitrogens with zero attached hydrogens (tertiary/aromatic N) is 2. The molecule has 2 aromatic carbocycles. The minimum absolute atomic E-state index is 0.117. The molecule has 10 heteroatoms. The fourth-order valence-corrected chi connectivity index (χ4v) is 3.41. The van der Waals surface area contributed by atoms with E-state index in [0.717, 1.165) is 6.26 Å². The number of carbonyl (C=O) groups excluding carboxylic acids is 1. The first-order valence-corrected chi connectivity index (χ1v) is 12.1. The van der Waals surface area contributed by atoms with Crippen molar-refractivity contribution in [2.24, 2.45) is 5.92 Å². The second kappa shape index (κ2) is 9.53. The highest BCUT2D eigenvalue weighted by molar-refractivity contribution is 7.89. The van der Waals surface area contributed by atoms with Gasteiger partial charge in [0.1, 0.15) is 18.2 Å². The van der Waals surface area contributed by atoms with Crippen molar-refractivity contribution in [3.8, 4) is 22.9 Å². The van der Waals surface area contributed by atoms with E-state index in [1.807, 2.05) is 4.72 Å². The molecule has 0 spiro atoms. The van der Waals surface area contributed by atoms with Crippen LogP contribution in [0.4, 0.5) is 4.39 Å². The van der Waals surface area contributed by atoms with Gasteiger partial charge < -0.3 is 9.47 Å². The third kappa shape index (κ3) is 6.72. The van der Waals surface area contributed by atoms with E-state index in [2.05, 4.69) is 9.97 Å². The van der Waals surface area contributed by atoms with E-state index in [4.69, 9.17) is 9.47 Å². The van der Waals surface area contributed by atoms with Gasteiger partial charge in [0, 0.05) is 17.2 Å². The Labute approximate surface area is 190 Å². The number of ether oxygens (including phenoxy) is 2. The minimum atomic E-state index is -3.64. The van der Waals surface area contributed by atoms with Crippen molar-refractivity contribution in [2.75, 3.05) is 12.9 Å². The monoisotopic (exact) mass is 471 g/mol. The molecule has 1 N–H and O–H groups in total. The smallest absolute Gasteiger partial charge is 0.264 e. The normalized spacial score (nSPS) is 13.4. The van der Waals surface area contributed by atoms with Crippen LogP contribution in [0.2, 0.25) is 0 Å². The average molecular weight is 472 g/mol. The summed E-state index contributed by atoms with van der Waals surface area (Å²) in [7, 11) is -3.64. The van der Waals surface area contributed by atoms with Gasteiger partial charge in [0.25, 0.3) is 5.91 Å². The molecule has 1 aromatic heterocycles. The zero-order valence-corrected chi connectivity index (χ0v) is 18.6. The van der Waals surface area contributed by atoms with Gasteiger partial charge in [-0.2, -0.15) is 0 Å². The quantitative estimate of drug-likeness (QED) is 0.510. The van der Waals surface area contributed by atoms with Crippen molar-refractivity contribution in [2.45, 2.75) is 19.4 Å². The number of aromatic nitrogens is 2. The third-order valence-electron chi connectivity index (χ3n) is 4.84. The standard InChI is InChI=1S/C23H22FN3O5S/c1-33(29,30)27-23(28)17-6-4-16(5-7-17)13-31-20-9-18(8-19(24)10-20)22-25-11-21(12-26-22)32-14-15-2-3-15/h4-12,15H,2-3,13-14H2,1H3,(H,27,28). The van der Waals surface area contributed by atoms with Crippen LogP contribution in [0.5, 0.6) is 11.5 Å². The van der Waals surface area contributed by atoms with Crippen LogP contribution in [0, 0.1) is 11.7 Å². The largest absolute Gasteiger partial charge is 0.490 e. The van der Waals surface area contributed by atoms with Crippen LogP contribution in [-0.4, -0.2) is 37.2 Å². The molecule has 0 saturated heterocycles. The lowest BCUT2D eigenvalue weighted by Crippen LogP contribution is -2.29. The van der Waals surface area contributed by atoms with E-state index in [1.54, 1.807) is 30.6 Å². The molecule has 1 amide bonds. The molecule has 172 valence electrons. The Morgan fingerprint density at radius 1 is 1.06 bits per heavy atom. The Balaban J connectivity index is 1.39. The van der Waals surface area contributed by atoms with Crippen molar-refractivity contribution in [1.29, 1.82) is 0 Å². The summed E-state index contributed by atoms with van der Waals surface area (Å²) < 4.78 is 49.7. The lowest BCUT2D eigenvalue weighted by Gasteiger charge is -2.10. The molecule has 0 unspecified atom stereocenters. The summed E-state index contributed by atoms with van der Waals surface area (Å²) in [6.07, 6.45) is 6.42. The van der Waals surface area contributed by atoms with Gasteiger partial charge in [-0.15, -0.1) is 0 Å². The number of benzene rings is 2. The maximum Gasteiger partial charge on any atom is 0.264 e. The van der Waals surface area contributed by atoms with Crippen LogP contribution in [0.15, 0.2) is 54.9 Å². The Hall–Kier alpha value is -3.53.